The molecule has 2 fully saturated rings. The van der Waals surface area contributed by atoms with E-state index < -0.39 is 0 Å². The molecule has 2 saturated heterocycles. The number of para-hydroxylation sites is 1. The van der Waals surface area contributed by atoms with Crippen LogP contribution in [-0.4, -0.2) is 48.6 Å². The fourth-order valence-electron chi connectivity index (χ4n) is 6.58. The van der Waals surface area contributed by atoms with Gasteiger partial charge in [-0.2, -0.15) is 0 Å². The number of anilines is 1. The van der Waals surface area contributed by atoms with Crippen molar-refractivity contribution in [2.45, 2.75) is 45.2 Å². The van der Waals surface area contributed by atoms with Crippen molar-refractivity contribution >= 4 is 5.69 Å². The van der Waals surface area contributed by atoms with Gasteiger partial charge in [0.1, 0.15) is 0 Å². The van der Waals surface area contributed by atoms with Crippen LogP contribution in [0.15, 0.2) is 91.0 Å². The molecule has 0 saturated carbocycles. The molecule has 2 aliphatic heterocycles. The van der Waals surface area contributed by atoms with Crippen LogP contribution in [0.3, 0.4) is 0 Å². The van der Waals surface area contributed by atoms with Crippen LogP contribution in [0.5, 0.6) is 0 Å². The Morgan fingerprint density at radius 2 is 1.49 bits per heavy atom. The van der Waals surface area contributed by atoms with Gasteiger partial charge < -0.3 is 10.2 Å². The molecule has 1 N–H and O–H groups in total. The van der Waals surface area contributed by atoms with Gasteiger partial charge in [0.15, 0.2) is 0 Å². The van der Waals surface area contributed by atoms with E-state index in [0.717, 1.165) is 19.5 Å². The normalized spacial score (nSPS) is 24.3. The van der Waals surface area contributed by atoms with E-state index in [4.69, 9.17) is 0 Å². The smallest absolute Gasteiger partial charge is 0.0342 e. The predicted octanol–water partition coefficient (Wildman–Crippen LogP) is 6.33. The Labute approximate surface area is 212 Å². The highest BCUT2D eigenvalue weighted by molar-refractivity contribution is 5.44. The molecular weight excluding hydrogens is 426 g/mol. The van der Waals surface area contributed by atoms with Crippen molar-refractivity contribution in [2.24, 2.45) is 11.3 Å². The molecule has 184 valence electrons. The average molecular weight is 468 g/mol. The van der Waals surface area contributed by atoms with Crippen LogP contribution >= 0.6 is 0 Å². The Morgan fingerprint density at radius 1 is 0.829 bits per heavy atom. The molecule has 0 aromatic heterocycles. The molecule has 0 amide bonds. The van der Waals surface area contributed by atoms with Crippen molar-refractivity contribution < 1.29 is 0 Å². The molecule has 3 unspecified atom stereocenters. The summed E-state index contributed by atoms with van der Waals surface area (Å²) < 4.78 is 0. The van der Waals surface area contributed by atoms with Gasteiger partial charge in [-0.05, 0) is 74.9 Å². The lowest BCUT2D eigenvalue weighted by Gasteiger charge is -2.52. The highest BCUT2D eigenvalue weighted by Crippen LogP contribution is 2.46. The first-order valence-electron chi connectivity index (χ1n) is 13.6. The lowest BCUT2D eigenvalue weighted by molar-refractivity contribution is 0.00487. The predicted molar refractivity (Wildman–Crippen MR) is 148 cm³/mol. The van der Waals surface area contributed by atoms with Crippen molar-refractivity contribution in [1.29, 1.82) is 0 Å². The summed E-state index contributed by atoms with van der Waals surface area (Å²) in [6.07, 6.45) is 5.01. The van der Waals surface area contributed by atoms with E-state index in [-0.39, 0.29) is 5.41 Å². The highest BCUT2D eigenvalue weighted by atomic mass is 15.2. The molecule has 3 aromatic rings. The number of nitrogens with zero attached hydrogens (tertiary/aromatic N) is 2. The first kappa shape index (κ1) is 24.1. The van der Waals surface area contributed by atoms with Crippen LogP contribution < -0.4 is 5.32 Å². The van der Waals surface area contributed by atoms with Gasteiger partial charge in [-0.25, -0.2) is 0 Å². The molecule has 3 heteroatoms. The number of nitrogens with one attached hydrogen (secondary N) is 1. The second kappa shape index (κ2) is 11.4. The maximum atomic E-state index is 3.94. The SMILES string of the molecule is CC(Nc1ccccc1)C12CCCN(Cc3ccccc3)CC1CCN(CCc1ccccc1)C2. The number of rotatable bonds is 8. The quantitative estimate of drug-likeness (QED) is 0.417. The Bertz CT molecular complexity index is 1020. The zero-order chi connectivity index (χ0) is 23.9. The number of benzene rings is 3. The zero-order valence-corrected chi connectivity index (χ0v) is 21.3. The van der Waals surface area contributed by atoms with Crippen LogP contribution in [0.1, 0.15) is 37.3 Å². The first-order chi connectivity index (χ1) is 17.2. The van der Waals surface area contributed by atoms with Crippen molar-refractivity contribution in [3.63, 3.8) is 0 Å². The lowest BCUT2D eigenvalue weighted by Crippen LogP contribution is -2.57. The topological polar surface area (TPSA) is 18.5 Å². The average Bonchev–Trinajstić information content (AvgIpc) is 3.09. The van der Waals surface area contributed by atoms with Crippen molar-refractivity contribution in [1.82, 2.24) is 9.80 Å². The second-order valence-corrected chi connectivity index (χ2v) is 10.8. The standard InChI is InChI=1S/C32H41N3/c1-27(33-31-16-9-4-10-17-31)32-20-11-21-35(24-29-14-7-3-8-15-29)25-30(32)19-23-34(26-32)22-18-28-12-5-2-6-13-28/h2-10,12-17,27,30,33H,11,18-26H2,1H3. The Balaban J connectivity index is 1.34. The van der Waals surface area contributed by atoms with Crippen LogP contribution in [-0.2, 0) is 13.0 Å². The highest BCUT2D eigenvalue weighted by Gasteiger charge is 2.48. The van der Waals surface area contributed by atoms with Gasteiger partial charge in [0, 0.05) is 43.3 Å². The summed E-state index contributed by atoms with van der Waals surface area (Å²) in [5.41, 5.74) is 4.43. The summed E-state index contributed by atoms with van der Waals surface area (Å²) in [7, 11) is 0. The Morgan fingerprint density at radius 3 is 2.20 bits per heavy atom. The number of hydrogen-bond acceptors (Lipinski definition) is 3. The zero-order valence-electron chi connectivity index (χ0n) is 21.3. The molecule has 2 aliphatic rings. The van der Waals surface area contributed by atoms with Gasteiger partial charge in [-0.3, -0.25) is 4.90 Å². The fourth-order valence-corrected chi connectivity index (χ4v) is 6.58. The van der Waals surface area contributed by atoms with Gasteiger partial charge in [0.25, 0.3) is 0 Å². The molecule has 2 heterocycles. The van der Waals surface area contributed by atoms with Crippen molar-refractivity contribution in [3.8, 4) is 0 Å². The summed E-state index contributed by atoms with van der Waals surface area (Å²) >= 11 is 0. The van der Waals surface area contributed by atoms with E-state index in [2.05, 4.69) is 113 Å². The van der Waals surface area contributed by atoms with Gasteiger partial charge in [-0.15, -0.1) is 0 Å². The maximum Gasteiger partial charge on any atom is 0.0342 e. The van der Waals surface area contributed by atoms with Crippen molar-refractivity contribution in [3.05, 3.63) is 102 Å². The summed E-state index contributed by atoms with van der Waals surface area (Å²) in [4.78, 5) is 5.50. The van der Waals surface area contributed by atoms with E-state index in [1.165, 1.54) is 62.3 Å². The first-order valence-corrected chi connectivity index (χ1v) is 13.6. The van der Waals surface area contributed by atoms with Crippen LogP contribution in [0, 0.1) is 11.3 Å². The largest absolute Gasteiger partial charge is 0.382 e. The minimum atomic E-state index is 0.288. The molecular formula is C32H41N3. The second-order valence-electron chi connectivity index (χ2n) is 10.8. The Kier molecular flexibility index (Phi) is 7.85. The lowest BCUT2D eigenvalue weighted by atomic mass is 9.64. The summed E-state index contributed by atoms with van der Waals surface area (Å²) in [6.45, 7) is 9.52. The minimum Gasteiger partial charge on any atom is -0.382 e. The molecule has 3 atom stereocenters. The monoisotopic (exact) mass is 467 g/mol. The number of likely N-dealkylation sites (tertiary alicyclic amines) is 2. The number of piperidine rings is 1. The molecule has 3 nitrogen and oxygen atoms in total. The van der Waals surface area contributed by atoms with E-state index in [9.17, 15) is 0 Å². The minimum absolute atomic E-state index is 0.288. The summed E-state index contributed by atoms with van der Waals surface area (Å²) in [5.74, 6) is 0.716. The third-order valence-corrected chi connectivity index (χ3v) is 8.55. The molecule has 0 aliphatic carbocycles. The molecule has 0 bridgehead atoms. The van der Waals surface area contributed by atoms with Gasteiger partial charge in [0.2, 0.25) is 0 Å². The van der Waals surface area contributed by atoms with E-state index in [0.29, 0.717) is 12.0 Å². The van der Waals surface area contributed by atoms with Crippen molar-refractivity contribution in [2.75, 3.05) is 38.0 Å². The molecule has 35 heavy (non-hydrogen) atoms. The maximum absolute atomic E-state index is 3.94. The van der Waals surface area contributed by atoms with Gasteiger partial charge in [-0.1, -0.05) is 78.9 Å². The van der Waals surface area contributed by atoms with E-state index in [1.807, 2.05) is 0 Å². The third kappa shape index (κ3) is 5.97. The molecule has 0 radical (unpaired) electrons. The van der Waals surface area contributed by atoms with E-state index >= 15 is 0 Å². The van der Waals surface area contributed by atoms with Crippen LogP contribution in [0.25, 0.3) is 0 Å². The Hall–Kier alpha value is -2.62. The molecule has 0 spiro atoms. The fraction of sp³-hybridized carbons (Fsp3) is 0.438. The summed E-state index contributed by atoms with van der Waals surface area (Å²) in [6, 6.07) is 33.3. The van der Waals surface area contributed by atoms with Gasteiger partial charge in [0.05, 0.1) is 0 Å². The number of hydrogen-bond donors (Lipinski definition) is 1. The van der Waals surface area contributed by atoms with E-state index in [1.54, 1.807) is 0 Å². The number of fused-ring (bicyclic) bond motifs is 1. The van der Waals surface area contributed by atoms with Crippen LogP contribution in [0.2, 0.25) is 0 Å². The molecule has 5 rings (SSSR count). The van der Waals surface area contributed by atoms with Gasteiger partial charge >= 0.3 is 0 Å². The molecule has 3 aromatic carbocycles. The summed E-state index contributed by atoms with van der Waals surface area (Å²) in [5, 5.41) is 3.94. The third-order valence-electron chi connectivity index (χ3n) is 8.55. The van der Waals surface area contributed by atoms with Crippen LogP contribution in [0.4, 0.5) is 5.69 Å².